The number of carbonyl (C=O) groups is 3. The molecule has 17 nitrogen and oxygen atoms in total. The second kappa shape index (κ2) is 14.9. The molecule has 7 aliphatic rings. The molecule has 0 bridgehead atoms. The van der Waals surface area contributed by atoms with E-state index in [1.807, 2.05) is 6.92 Å². The first-order chi connectivity index (χ1) is 27.3. The van der Waals surface area contributed by atoms with Crippen LogP contribution in [-0.4, -0.2) is 149 Å². The van der Waals surface area contributed by atoms with Gasteiger partial charge in [0.25, 0.3) is 0 Å². The van der Waals surface area contributed by atoms with E-state index in [1.165, 1.54) is 12.5 Å². The van der Waals surface area contributed by atoms with Gasteiger partial charge in [0, 0.05) is 0 Å². The number of rotatable bonds is 8. The van der Waals surface area contributed by atoms with Gasteiger partial charge in [-0.3, -0.25) is 9.59 Å². The highest BCUT2D eigenvalue weighted by Gasteiger charge is 2.72. The molecule has 59 heavy (non-hydrogen) atoms. The number of aliphatic hydroxyl groups excluding tert-OH is 7. The van der Waals surface area contributed by atoms with Gasteiger partial charge in [-0.2, -0.15) is 0 Å². The van der Waals surface area contributed by atoms with Crippen molar-refractivity contribution in [3.8, 4) is 0 Å². The Bertz CT molecular complexity index is 1700. The van der Waals surface area contributed by atoms with Crippen molar-refractivity contribution in [1.29, 1.82) is 0 Å². The normalized spacial score (nSPS) is 53.1. The summed E-state index contributed by atoms with van der Waals surface area (Å²) in [4.78, 5) is 38.4. The SMILES string of the molecule is CC1(C)CC[C@]2(C(=O)O)CC[C@]3(C)C(=CC[C@@H]4[C@@]5(C)C[C@H](O)[C@H](O[C@@H]6O[C@H](CO)[C@@H](O)[C@H](O[C@@H]7O[C@H](C(=O)O)[C@@H](O)[C@H](O)[C@H]7O)[C@H]6O)[C@@](C)(C(=O)O)[C@@H]5CC[C@]43C)[C@@H]2C1. The summed E-state index contributed by atoms with van der Waals surface area (Å²) in [6, 6.07) is 0. The number of allylic oxidation sites excluding steroid dienone is 2. The van der Waals surface area contributed by atoms with Gasteiger partial charge in [-0.15, -0.1) is 0 Å². The fourth-order valence-electron chi connectivity index (χ4n) is 13.7. The average Bonchev–Trinajstić information content (AvgIpc) is 3.15. The zero-order valence-corrected chi connectivity index (χ0v) is 34.6. The van der Waals surface area contributed by atoms with Crippen LogP contribution in [0.1, 0.15) is 99.3 Å². The molecule has 2 aliphatic heterocycles. The molecule has 334 valence electrons. The highest BCUT2D eigenvalue weighted by molar-refractivity contribution is 5.77. The first-order valence-electron chi connectivity index (χ1n) is 21.1. The second-order valence-electron chi connectivity index (χ2n) is 20.6. The van der Waals surface area contributed by atoms with Crippen LogP contribution in [0.2, 0.25) is 0 Å². The maximum absolute atomic E-state index is 13.7. The van der Waals surface area contributed by atoms with E-state index < -0.39 is 120 Å². The number of aliphatic hydroxyl groups is 7. The molecule has 0 radical (unpaired) electrons. The summed E-state index contributed by atoms with van der Waals surface area (Å²) in [5, 5.41) is 107. The smallest absolute Gasteiger partial charge is 0.335 e. The van der Waals surface area contributed by atoms with E-state index in [0.717, 1.165) is 12.8 Å². The van der Waals surface area contributed by atoms with Crippen molar-refractivity contribution >= 4 is 17.9 Å². The third-order valence-corrected chi connectivity index (χ3v) is 17.3. The zero-order chi connectivity index (χ0) is 43.6. The van der Waals surface area contributed by atoms with E-state index in [2.05, 4.69) is 33.8 Å². The van der Waals surface area contributed by atoms with Crippen molar-refractivity contribution in [3.05, 3.63) is 11.6 Å². The second-order valence-corrected chi connectivity index (χ2v) is 20.6. The minimum absolute atomic E-state index is 0.0205. The van der Waals surface area contributed by atoms with Gasteiger partial charge in [0.2, 0.25) is 0 Å². The quantitative estimate of drug-likeness (QED) is 0.121. The molecule has 4 saturated carbocycles. The Morgan fingerprint density at radius 2 is 1.37 bits per heavy atom. The molecule has 7 rings (SSSR count). The Kier molecular flexibility index (Phi) is 11.3. The van der Waals surface area contributed by atoms with E-state index in [-0.39, 0.29) is 34.5 Å². The maximum atomic E-state index is 13.7. The van der Waals surface area contributed by atoms with Crippen molar-refractivity contribution in [1.82, 2.24) is 0 Å². The van der Waals surface area contributed by atoms with Crippen LogP contribution in [0.15, 0.2) is 11.6 Å². The van der Waals surface area contributed by atoms with Gasteiger partial charge < -0.3 is 70.0 Å². The first kappa shape index (κ1) is 44.8. The van der Waals surface area contributed by atoms with Crippen LogP contribution in [0.4, 0.5) is 0 Å². The lowest BCUT2D eigenvalue weighted by Crippen LogP contribution is -2.70. The predicted molar refractivity (Wildman–Crippen MR) is 202 cm³/mol. The van der Waals surface area contributed by atoms with E-state index in [4.69, 9.17) is 18.9 Å². The van der Waals surface area contributed by atoms with Gasteiger partial charge in [0.1, 0.15) is 48.8 Å². The molecule has 2 saturated heterocycles. The number of aliphatic carboxylic acids is 3. The lowest BCUT2D eigenvalue weighted by Gasteiger charge is -2.71. The van der Waals surface area contributed by atoms with Crippen molar-refractivity contribution < 1.29 is 84.4 Å². The molecule has 0 amide bonds. The summed E-state index contributed by atoms with van der Waals surface area (Å²) >= 11 is 0. The summed E-state index contributed by atoms with van der Waals surface area (Å²) in [5.41, 5.74) is -2.91. The topological polar surface area (TPSA) is 290 Å². The molecule has 20 atom stereocenters. The number of carboxylic acids is 3. The lowest BCUT2D eigenvalue weighted by atomic mass is 9.33. The number of carboxylic acid groups (broad SMARTS) is 3. The minimum Gasteiger partial charge on any atom is -0.481 e. The monoisotopic (exact) mass is 840 g/mol. The van der Waals surface area contributed by atoms with Crippen LogP contribution in [0.25, 0.3) is 0 Å². The fourth-order valence-corrected chi connectivity index (χ4v) is 13.7. The fraction of sp³-hybridized carbons (Fsp3) is 0.881. The molecular formula is C42H64O17. The molecule has 0 aromatic carbocycles. The minimum atomic E-state index is -2.06. The Morgan fingerprint density at radius 1 is 0.729 bits per heavy atom. The van der Waals surface area contributed by atoms with E-state index >= 15 is 0 Å². The number of ether oxygens (including phenoxy) is 4. The molecule has 0 spiro atoms. The van der Waals surface area contributed by atoms with Gasteiger partial charge in [0.05, 0.1) is 23.5 Å². The molecule has 10 N–H and O–H groups in total. The Labute approximate surface area is 343 Å². The standard InChI is InChI=1S/C42H64O17/c1-37(2)11-13-42(36(54)55)14-12-39(4)18(19(42)15-37)7-8-22-38(3)16-20(44)31(41(6,35(52)53)23(38)9-10-40(22,39)5)59-34-28(49)29(24(45)21(17-43)56-34)57-33-27(48)25(46)26(47)30(58-33)32(50)51/h7,19-31,33-34,43-49H,8-17H2,1-6H3,(H,50,51)(H,52,53)(H,54,55)/t19-,20-,21+,22+,23+,24+,25-,26-,27+,28+,29-,30-,31-,33+,34-,38+,39+,40+,41-,42-/m0/s1. The third kappa shape index (κ3) is 6.46. The molecule has 6 fully saturated rings. The van der Waals surface area contributed by atoms with Crippen LogP contribution < -0.4 is 0 Å². The summed E-state index contributed by atoms with van der Waals surface area (Å²) in [6.07, 6.45) is -14.7. The van der Waals surface area contributed by atoms with Crippen LogP contribution >= 0.6 is 0 Å². The molecule has 0 unspecified atom stereocenters. The van der Waals surface area contributed by atoms with Crippen LogP contribution in [0.5, 0.6) is 0 Å². The van der Waals surface area contributed by atoms with Gasteiger partial charge in [0.15, 0.2) is 18.7 Å². The van der Waals surface area contributed by atoms with Gasteiger partial charge in [-0.25, -0.2) is 4.79 Å². The maximum Gasteiger partial charge on any atom is 0.335 e. The molecule has 5 aliphatic carbocycles. The highest BCUT2D eigenvalue weighted by Crippen LogP contribution is 2.76. The Balaban J connectivity index is 1.18. The van der Waals surface area contributed by atoms with Gasteiger partial charge in [-0.05, 0) is 104 Å². The van der Waals surface area contributed by atoms with E-state index in [1.54, 1.807) is 0 Å². The van der Waals surface area contributed by atoms with E-state index in [9.17, 15) is 65.4 Å². The van der Waals surface area contributed by atoms with Crippen LogP contribution in [0, 0.1) is 50.2 Å². The molecule has 2 heterocycles. The van der Waals surface area contributed by atoms with Crippen molar-refractivity contribution in [3.63, 3.8) is 0 Å². The Morgan fingerprint density at radius 3 is 1.98 bits per heavy atom. The number of hydrogen-bond acceptors (Lipinski definition) is 14. The predicted octanol–water partition coefficient (Wildman–Crippen LogP) is 1.01. The zero-order valence-electron chi connectivity index (χ0n) is 34.6. The van der Waals surface area contributed by atoms with Gasteiger partial charge in [-0.1, -0.05) is 46.3 Å². The van der Waals surface area contributed by atoms with Crippen LogP contribution in [0.3, 0.4) is 0 Å². The molecule has 17 heteroatoms. The summed E-state index contributed by atoms with van der Waals surface area (Å²) in [5.74, 6) is -4.47. The van der Waals surface area contributed by atoms with Gasteiger partial charge >= 0.3 is 17.9 Å². The molecule has 0 aromatic heterocycles. The summed E-state index contributed by atoms with van der Waals surface area (Å²) in [7, 11) is 0. The Hall–Kier alpha value is -2.29. The molecular weight excluding hydrogens is 776 g/mol. The highest BCUT2D eigenvalue weighted by atomic mass is 16.7. The van der Waals surface area contributed by atoms with Crippen molar-refractivity contribution in [2.75, 3.05) is 6.61 Å². The van der Waals surface area contributed by atoms with Crippen LogP contribution in [-0.2, 0) is 33.3 Å². The van der Waals surface area contributed by atoms with Crippen molar-refractivity contribution in [2.24, 2.45) is 50.2 Å². The number of hydrogen-bond donors (Lipinski definition) is 10. The van der Waals surface area contributed by atoms with E-state index in [0.29, 0.717) is 38.5 Å². The molecule has 0 aromatic rings. The largest absolute Gasteiger partial charge is 0.481 e. The first-order valence-corrected chi connectivity index (χ1v) is 21.1. The summed E-state index contributed by atoms with van der Waals surface area (Å²) in [6.45, 7) is 11.6. The third-order valence-electron chi connectivity index (χ3n) is 17.3. The van der Waals surface area contributed by atoms with Crippen molar-refractivity contribution in [2.45, 2.75) is 173 Å². The number of fused-ring (bicyclic) bond motifs is 7. The lowest BCUT2D eigenvalue weighted by molar-refractivity contribution is -0.371. The summed E-state index contributed by atoms with van der Waals surface area (Å²) < 4.78 is 22.9. The average molecular weight is 841 g/mol.